The van der Waals surface area contributed by atoms with Gasteiger partial charge in [-0.2, -0.15) is 13.2 Å². The highest BCUT2D eigenvalue weighted by molar-refractivity contribution is 5.79. The zero-order chi connectivity index (χ0) is 17.1. The Labute approximate surface area is 124 Å². The lowest BCUT2D eigenvalue weighted by Crippen LogP contribution is -2.45. The number of carbonyl (C=O) groups is 2. The summed E-state index contributed by atoms with van der Waals surface area (Å²) in [6.45, 7) is 4.35. The molecule has 1 unspecified atom stereocenters. The standard InChI is InChI=1S/C12H16F3N3O4/c1-11(2,3)22-10(21)17-7(9(19)20)4-18-5-8(16-6-18)12(13,14)15/h5-7H,4H2,1-3H3,(H,17,21)(H,19,20). The molecule has 0 aliphatic heterocycles. The van der Waals surface area contributed by atoms with E-state index in [0.717, 1.165) is 10.9 Å². The van der Waals surface area contributed by atoms with E-state index in [1.165, 1.54) is 0 Å². The third-order valence-corrected chi connectivity index (χ3v) is 2.31. The maximum absolute atomic E-state index is 12.4. The molecule has 124 valence electrons. The molecular weight excluding hydrogens is 307 g/mol. The number of aromatic nitrogens is 2. The van der Waals surface area contributed by atoms with Gasteiger partial charge in [-0.3, -0.25) is 0 Å². The summed E-state index contributed by atoms with van der Waals surface area (Å²) >= 11 is 0. The monoisotopic (exact) mass is 323 g/mol. The first-order valence-electron chi connectivity index (χ1n) is 6.20. The summed E-state index contributed by atoms with van der Waals surface area (Å²) in [5.41, 5.74) is -1.97. The molecule has 1 aromatic rings. The molecule has 2 N–H and O–H groups in total. The second-order valence-electron chi connectivity index (χ2n) is 5.49. The van der Waals surface area contributed by atoms with E-state index in [9.17, 15) is 22.8 Å². The van der Waals surface area contributed by atoms with Crippen molar-refractivity contribution in [3.63, 3.8) is 0 Å². The van der Waals surface area contributed by atoms with Crippen LogP contribution in [0, 0.1) is 0 Å². The minimum atomic E-state index is -4.62. The number of hydrogen-bond donors (Lipinski definition) is 2. The predicted octanol–water partition coefficient (Wildman–Crippen LogP) is 1.88. The molecule has 1 atom stereocenters. The van der Waals surface area contributed by atoms with Crippen LogP contribution in [0.5, 0.6) is 0 Å². The summed E-state index contributed by atoms with van der Waals surface area (Å²) in [5, 5.41) is 11.1. The lowest BCUT2D eigenvalue weighted by molar-refractivity contribution is -0.141. The van der Waals surface area contributed by atoms with Gasteiger partial charge in [-0.1, -0.05) is 0 Å². The number of amides is 1. The van der Waals surface area contributed by atoms with Gasteiger partial charge in [0.25, 0.3) is 0 Å². The molecule has 0 spiro atoms. The molecule has 1 aromatic heterocycles. The summed E-state index contributed by atoms with van der Waals surface area (Å²) in [6, 6.07) is -1.45. The Hall–Kier alpha value is -2.26. The Kier molecular flexibility index (Phi) is 5.05. The molecule has 0 fully saturated rings. The molecular formula is C12H16F3N3O4. The van der Waals surface area contributed by atoms with Crippen molar-refractivity contribution in [3.8, 4) is 0 Å². The Morgan fingerprint density at radius 1 is 1.41 bits per heavy atom. The van der Waals surface area contributed by atoms with E-state index in [1.54, 1.807) is 20.8 Å². The number of ether oxygens (including phenoxy) is 1. The van der Waals surface area contributed by atoms with Gasteiger partial charge in [-0.25, -0.2) is 14.6 Å². The van der Waals surface area contributed by atoms with Gasteiger partial charge in [0.1, 0.15) is 11.6 Å². The summed E-state index contributed by atoms with van der Waals surface area (Å²) < 4.78 is 43.1. The number of imidazole rings is 1. The molecule has 0 aliphatic rings. The minimum absolute atomic E-state index is 0.419. The van der Waals surface area contributed by atoms with Crippen molar-refractivity contribution in [3.05, 3.63) is 18.2 Å². The van der Waals surface area contributed by atoms with Crippen LogP contribution in [-0.2, 0) is 22.3 Å². The molecule has 0 bridgehead atoms. The van der Waals surface area contributed by atoms with Crippen LogP contribution in [-0.4, -0.2) is 38.4 Å². The molecule has 22 heavy (non-hydrogen) atoms. The lowest BCUT2D eigenvalue weighted by atomic mass is 10.2. The molecule has 1 rings (SSSR count). The molecule has 1 amide bonds. The number of carboxylic acid groups (broad SMARTS) is 1. The Morgan fingerprint density at radius 2 is 2.00 bits per heavy atom. The zero-order valence-electron chi connectivity index (χ0n) is 12.1. The van der Waals surface area contributed by atoms with Crippen molar-refractivity contribution in [2.75, 3.05) is 0 Å². The van der Waals surface area contributed by atoms with Crippen molar-refractivity contribution in [1.29, 1.82) is 0 Å². The van der Waals surface area contributed by atoms with E-state index in [2.05, 4.69) is 10.3 Å². The highest BCUT2D eigenvalue weighted by Crippen LogP contribution is 2.27. The van der Waals surface area contributed by atoms with Crippen molar-refractivity contribution < 1.29 is 32.6 Å². The third-order valence-electron chi connectivity index (χ3n) is 2.31. The van der Waals surface area contributed by atoms with Gasteiger partial charge < -0.3 is 19.7 Å². The van der Waals surface area contributed by atoms with Crippen LogP contribution in [0.4, 0.5) is 18.0 Å². The summed E-state index contributed by atoms with van der Waals surface area (Å²) in [4.78, 5) is 25.7. The molecule has 0 aliphatic carbocycles. The zero-order valence-corrected chi connectivity index (χ0v) is 12.1. The Bertz CT molecular complexity index is 549. The van der Waals surface area contributed by atoms with Crippen LogP contribution in [0.2, 0.25) is 0 Å². The first kappa shape index (κ1) is 17.8. The fourth-order valence-corrected chi connectivity index (χ4v) is 1.45. The van der Waals surface area contributed by atoms with Gasteiger partial charge in [0.2, 0.25) is 0 Å². The number of rotatable bonds is 4. The molecule has 0 saturated carbocycles. The third kappa shape index (κ3) is 5.62. The average Bonchev–Trinajstić information content (AvgIpc) is 2.73. The number of aliphatic carboxylic acids is 1. The maximum Gasteiger partial charge on any atom is 0.434 e. The van der Waals surface area contributed by atoms with E-state index in [4.69, 9.17) is 9.84 Å². The predicted molar refractivity (Wildman–Crippen MR) is 68.0 cm³/mol. The average molecular weight is 323 g/mol. The second-order valence-corrected chi connectivity index (χ2v) is 5.49. The van der Waals surface area contributed by atoms with Crippen LogP contribution < -0.4 is 5.32 Å². The van der Waals surface area contributed by atoms with Gasteiger partial charge >= 0.3 is 18.2 Å². The van der Waals surface area contributed by atoms with E-state index < -0.39 is 42.1 Å². The maximum atomic E-state index is 12.4. The van der Waals surface area contributed by atoms with Gasteiger partial charge in [-0.15, -0.1) is 0 Å². The van der Waals surface area contributed by atoms with Crippen LogP contribution >= 0.6 is 0 Å². The largest absolute Gasteiger partial charge is 0.480 e. The summed E-state index contributed by atoms with van der Waals surface area (Å²) in [7, 11) is 0. The van der Waals surface area contributed by atoms with Gasteiger partial charge in [0.05, 0.1) is 12.9 Å². The fraction of sp³-hybridized carbons (Fsp3) is 0.583. The first-order valence-corrected chi connectivity index (χ1v) is 6.20. The molecule has 0 aromatic carbocycles. The minimum Gasteiger partial charge on any atom is -0.480 e. The Balaban J connectivity index is 2.75. The molecule has 0 saturated heterocycles. The second kappa shape index (κ2) is 6.24. The lowest BCUT2D eigenvalue weighted by Gasteiger charge is -2.22. The molecule has 7 nitrogen and oxygen atoms in total. The van der Waals surface area contributed by atoms with Crippen molar-refractivity contribution in [2.45, 2.75) is 45.1 Å². The first-order chi connectivity index (χ1) is 9.88. The smallest absolute Gasteiger partial charge is 0.434 e. The SMILES string of the molecule is CC(C)(C)OC(=O)NC(Cn1cnc(C(F)(F)F)c1)C(=O)O. The number of alkyl halides is 3. The summed E-state index contributed by atoms with van der Waals surface area (Å²) in [5.74, 6) is -1.41. The van der Waals surface area contributed by atoms with Crippen LogP contribution in [0.25, 0.3) is 0 Å². The number of carboxylic acids is 1. The molecule has 0 radical (unpaired) electrons. The van der Waals surface area contributed by atoms with E-state index in [1.807, 2.05) is 0 Å². The fourth-order valence-electron chi connectivity index (χ4n) is 1.45. The number of nitrogens with one attached hydrogen (secondary N) is 1. The van der Waals surface area contributed by atoms with Crippen molar-refractivity contribution in [1.82, 2.24) is 14.9 Å². The van der Waals surface area contributed by atoms with Crippen LogP contribution in [0.3, 0.4) is 0 Å². The normalized spacial score (nSPS) is 13.5. The quantitative estimate of drug-likeness (QED) is 0.882. The molecule has 10 heteroatoms. The van der Waals surface area contributed by atoms with Crippen molar-refractivity contribution in [2.24, 2.45) is 0 Å². The highest BCUT2D eigenvalue weighted by atomic mass is 19.4. The number of carbonyl (C=O) groups excluding carboxylic acids is 1. The van der Waals surface area contributed by atoms with Crippen molar-refractivity contribution >= 4 is 12.1 Å². The summed E-state index contributed by atoms with van der Waals surface area (Å²) in [6.07, 6.45) is -4.10. The van der Waals surface area contributed by atoms with E-state index in [0.29, 0.717) is 6.20 Å². The number of hydrogen-bond acceptors (Lipinski definition) is 4. The number of nitrogens with zero attached hydrogens (tertiary/aromatic N) is 2. The van der Waals surface area contributed by atoms with Gasteiger partial charge in [0, 0.05) is 6.20 Å². The molecule has 1 heterocycles. The number of alkyl carbamates (subject to hydrolysis) is 1. The van der Waals surface area contributed by atoms with Crippen LogP contribution in [0.1, 0.15) is 26.5 Å². The topological polar surface area (TPSA) is 93.5 Å². The van der Waals surface area contributed by atoms with Crippen LogP contribution in [0.15, 0.2) is 12.5 Å². The Morgan fingerprint density at radius 3 is 2.41 bits per heavy atom. The van der Waals surface area contributed by atoms with Gasteiger partial charge in [0.15, 0.2) is 5.69 Å². The van der Waals surface area contributed by atoms with E-state index in [-0.39, 0.29) is 0 Å². The highest BCUT2D eigenvalue weighted by Gasteiger charge is 2.34. The van der Waals surface area contributed by atoms with E-state index >= 15 is 0 Å². The van der Waals surface area contributed by atoms with Gasteiger partial charge in [-0.05, 0) is 20.8 Å². The number of halogens is 3.